The first-order valence-corrected chi connectivity index (χ1v) is 11.5. The zero-order chi connectivity index (χ0) is 23.8. The van der Waals surface area contributed by atoms with Crippen LogP contribution in [0.4, 0.5) is 11.4 Å². The number of rotatable bonds is 4. The first-order chi connectivity index (χ1) is 17.2. The predicted octanol–water partition coefficient (Wildman–Crippen LogP) is 6.78. The maximum Gasteiger partial charge on any atom is 0.263 e. The predicted molar refractivity (Wildman–Crippen MR) is 140 cm³/mol. The third-order valence-electron chi connectivity index (χ3n) is 6.44. The van der Waals surface area contributed by atoms with E-state index in [2.05, 4.69) is 29.0 Å². The fraction of sp³-hybridized carbons (Fsp3) is 0.0323. The molecule has 4 aromatic carbocycles. The van der Waals surface area contributed by atoms with E-state index in [1.54, 1.807) is 4.90 Å². The number of para-hydroxylation sites is 3. The molecule has 4 heteroatoms. The van der Waals surface area contributed by atoms with Crippen LogP contribution < -0.4 is 4.90 Å². The summed E-state index contributed by atoms with van der Waals surface area (Å²) in [6.45, 7) is 0.677. The molecule has 1 aliphatic rings. The summed E-state index contributed by atoms with van der Waals surface area (Å²) in [5, 5.41) is 10.2. The fourth-order valence-corrected chi connectivity index (χ4v) is 4.77. The molecule has 166 valence electrons. The van der Waals surface area contributed by atoms with Crippen molar-refractivity contribution in [3.63, 3.8) is 0 Å². The van der Waals surface area contributed by atoms with Crippen LogP contribution in [0.2, 0.25) is 0 Å². The number of carbonyl (C=O) groups excluding carboxylic acids is 1. The first kappa shape index (κ1) is 20.7. The molecule has 0 saturated carbocycles. The number of carbonyl (C=O) groups is 1. The van der Waals surface area contributed by atoms with Crippen LogP contribution in [-0.2, 0) is 11.3 Å². The van der Waals surface area contributed by atoms with Gasteiger partial charge in [0.05, 0.1) is 22.9 Å². The summed E-state index contributed by atoms with van der Waals surface area (Å²) in [6, 6.07) is 35.8. The molecule has 4 nitrogen and oxygen atoms in total. The van der Waals surface area contributed by atoms with Gasteiger partial charge in [-0.25, -0.2) is 0 Å². The van der Waals surface area contributed by atoms with Crippen LogP contribution in [0.1, 0.15) is 22.3 Å². The average Bonchev–Trinajstić information content (AvgIpc) is 3.40. The van der Waals surface area contributed by atoms with Gasteiger partial charge in [-0.1, -0.05) is 66.7 Å². The van der Waals surface area contributed by atoms with E-state index in [4.69, 9.17) is 5.26 Å². The molecule has 1 aliphatic heterocycles. The van der Waals surface area contributed by atoms with E-state index in [0.717, 1.165) is 39.0 Å². The number of hydrogen-bond donors (Lipinski definition) is 0. The number of amides is 1. The van der Waals surface area contributed by atoms with Crippen LogP contribution in [0.25, 0.3) is 22.6 Å². The lowest BCUT2D eigenvalue weighted by Crippen LogP contribution is -2.20. The Morgan fingerprint density at radius 2 is 1.51 bits per heavy atom. The summed E-state index contributed by atoms with van der Waals surface area (Å²) in [6.07, 6.45) is 4.12. The van der Waals surface area contributed by atoms with Gasteiger partial charge < -0.3 is 4.57 Å². The number of nitrogens with zero attached hydrogens (tertiary/aromatic N) is 3. The van der Waals surface area contributed by atoms with Crippen molar-refractivity contribution in [3.8, 4) is 6.07 Å². The molecular formula is C31H21N3O. The summed E-state index contributed by atoms with van der Waals surface area (Å²) < 4.78 is 2.20. The largest absolute Gasteiger partial charge is 0.342 e. The molecule has 5 aromatic rings. The molecule has 0 atom stereocenters. The van der Waals surface area contributed by atoms with Gasteiger partial charge in [0, 0.05) is 40.5 Å². The molecule has 35 heavy (non-hydrogen) atoms. The SMILES string of the molecule is N#Cc1ccc(Cn2cc(/C=C3/C(=O)N(c4ccccc4)c4ccccc43)c3ccccc32)cc1. The standard InChI is InChI=1S/C31H21N3O/c32-19-22-14-16-23(17-15-22)20-33-21-24(26-10-4-6-12-29(26)33)18-28-27-11-5-7-13-30(27)34(31(28)35)25-8-2-1-3-9-25/h1-18,21H,20H2/b28-18+. The second-order valence-corrected chi connectivity index (χ2v) is 8.59. The van der Waals surface area contributed by atoms with Gasteiger partial charge in [0.1, 0.15) is 0 Å². The number of nitriles is 1. The Labute approximate surface area is 203 Å². The fourth-order valence-electron chi connectivity index (χ4n) is 4.77. The molecule has 0 bridgehead atoms. The van der Waals surface area contributed by atoms with Crippen LogP contribution in [0.3, 0.4) is 0 Å². The summed E-state index contributed by atoms with van der Waals surface area (Å²) in [7, 11) is 0. The minimum absolute atomic E-state index is 0.0266. The third-order valence-corrected chi connectivity index (χ3v) is 6.44. The second kappa shape index (κ2) is 8.48. The van der Waals surface area contributed by atoms with Crippen molar-refractivity contribution in [3.05, 3.63) is 132 Å². The lowest BCUT2D eigenvalue weighted by atomic mass is 10.0. The van der Waals surface area contributed by atoms with Crippen LogP contribution >= 0.6 is 0 Å². The van der Waals surface area contributed by atoms with Crippen LogP contribution in [-0.4, -0.2) is 10.5 Å². The van der Waals surface area contributed by atoms with Crippen molar-refractivity contribution in [1.82, 2.24) is 4.57 Å². The van der Waals surface area contributed by atoms with Gasteiger partial charge in [-0.05, 0) is 48.0 Å². The molecule has 1 aromatic heterocycles. The molecule has 6 rings (SSSR count). The number of fused-ring (bicyclic) bond motifs is 2. The molecule has 0 unspecified atom stereocenters. The lowest BCUT2D eigenvalue weighted by molar-refractivity contribution is -0.112. The zero-order valence-corrected chi connectivity index (χ0v) is 18.9. The highest BCUT2D eigenvalue weighted by Gasteiger charge is 2.33. The van der Waals surface area contributed by atoms with Crippen molar-refractivity contribution in [2.45, 2.75) is 6.54 Å². The summed E-state index contributed by atoms with van der Waals surface area (Å²) in [5.74, 6) is -0.0266. The van der Waals surface area contributed by atoms with Crippen LogP contribution in [0.15, 0.2) is 109 Å². The van der Waals surface area contributed by atoms with E-state index in [0.29, 0.717) is 17.7 Å². The Balaban J connectivity index is 1.45. The summed E-state index contributed by atoms with van der Waals surface area (Å²) in [5.41, 5.74) is 7.24. The highest BCUT2D eigenvalue weighted by molar-refractivity contribution is 6.38. The van der Waals surface area contributed by atoms with Crippen molar-refractivity contribution in [2.75, 3.05) is 4.90 Å². The van der Waals surface area contributed by atoms with Crippen molar-refractivity contribution in [2.24, 2.45) is 0 Å². The van der Waals surface area contributed by atoms with E-state index in [1.165, 1.54) is 0 Å². The summed E-state index contributed by atoms with van der Waals surface area (Å²) in [4.78, 5) is 15.5. The van der Waals surface area contributed by atoms with E-state index >= 15 is 0 Å². The van der Waals surface area contributed by atoms with Crippen LogP contribution in [0.5, 0.6) is 0 Å². The molecule has 0 radical (unpaired) electrons. The van der Waals surface area contributed by atoms with Gasteiger partial charge in [-0.3, -0.25) is 9.69 Å². The molecule has 0 fully saturated rings. The Bertz CT molecular complexity index is 1640. The van der Waals surface area contributed by atoms with E-state index in [1.807, 2.05) is 97.1 Å². The maximum absolute atomic E-state index is 13.7. The van der Waals surface area contributed by atoms with E-state index in [-0.39, 0.29) is 5.91 Å². The summed E-state index contributed by atoms with van der Waals surface area (Å²) >= 11 is 0. The van der Waals surface area contributed by atoms with Gasteiger partial charge in [0.2, 0.25) is 0 Å². The zero-order valence-electron chi connectivity index (χ0n) is 18.9. The van der Waals surface area contributed by atoms with Crippen molar-refractivity contribution >= 4 is 39.8 Å². The van der Waals surface area contributed by atoms with Crippen molar-refractivity contribution < 1.29 is 4.79 Å². The Kier molecular flexibility index (Phi) is 5.02. The molecule has 0 spiro atoms. The normalized spacial score (nSPS) is 13.9. The molecule has 1 amide bonds. The smallest absolute Gasteiger partial charge is 0.263 e. The van der Waals surface area contributed by atoms with Gasteiger partial charge in [0.25, 0.3) is 5.91 Å². The molecule has 0 saturated heterocycles. The topological polar surface area (TPSA) is 49.0 Å². The number of benzene rings is 4. The van der Waals surface area contributed by atoms with E-state index < -0.39 is 0 Å². The molecule has 2 heterocycles. The number of anilines is 2. The Morgan fingerprint density at radius 3 is 2.31 bits per heavy atom. The highest BCUT2D eigenvalue weighted by atomic mass is 16.2. The van der Waals surface area contributed by atoms with E-state index in [9.17, 15) is 4.79 Å². The number of hydrogen-bond acceptors (Lipinski definition) is 2. The minimum atomic E-state index is -0.0266. The van der Waals surface area contributed by atoms with Gasteiger partial charge >= 0.3 is 0 Å². The van der Waals surface area contributed by atoms with Crippen molar-refractivity contribution in [1.29, 1.82) is 5.26 Å². The van der Waals surface area contributed by atoms with Crippen LogP contribution in [0, 0.1) is 11.3 Å². The highest BCUT2D eigenvalue weighted by Crippen LogP contribution is 2.42. The van der Waals surface area contributed by atoms with Gasteiger partial charge in [0.15, 0.2) is 0 Å². The quantitative estimate of drug-likeness (QED) is 0.283. The Hall–Kier alpha value is -4.88. The third kappa shape index (κ3) is 3.60. The Morgan fingerprint density at radius 1 is 0.800 bits per heavy atom. The molecular weight excluding hydrogens is 430 g/mol. The van der Waals surface area contributed by atoms with Gasteiger partial charge in [-0.15, -0.1) is 0 Å². The average molecular weight is 452 g/mol. The first-order valence-electron chi connectivity index (χ1n) is 11.5. The minimum Gasteiger partial charge on any atom is -0.342 e. The lowest BCUT2D eigenvalue weighted by Gasteiger charge is -2.16. The second-order valence-electron chi connectivity index (χ2n) is 8.59. The number of aromatic nitrogens is 1. The monoisotopic (exact) mass is 451 g/mol. The molecule has 0 aliphatic carbocycles. The molecule has 0 N–H and O–H groups in total. The maximum atomic E-state index is 13.7. The van der Waals surface area contributed by atoms with Gasteiger partial charge in [-0.2, -0.15) is 5.26 Å².